The van der Waals surface area contributed by atoms with Gasteiger partial charge in [0.05, 0.1) is 7.11 Å². The first-order chi connectivity index (χ1) is 12.4. The van der Waals surface area contributed by atoms with Crippen LogP contribution in [0, 0.1) is 5.92 Å². The van der Waals surface area contributed by atoms with Crippen molar-refractivity contribution in [2.24, 2.45) is 5.92 Å². The van der Waals surface area contributed by atoms with Crippen LogP contribution in [0.2, 0.25) is 0 Å². The summed E-state index contributed by atoms with van der Waals surface area (Å²) in [7, 11) is 1.60. The number of hydrogen-bond acceptors (Lipinski definition) is 4. The maximum absolute atomic E-state index is 12.3. The summed E-state index contributed by atoms with van der Waals surface area (Å²) in [4.78, 5) is 24.0. The summed E-state index contributed by atoms with van der Waals surface area (Å²) in [5.41, 5.74) is 2.23. The van der Waals surface area contributed by atoms with E-state index in [1.165, 1.54) is 0 Å². The second-order valence-corrected chi connectivity index (χ2v) is 6.31. The Morgan fingerprint density at radius 3 is 1.73 bits per heavy atom. The van der Waals surface area contributed by atoms with Gasteiger partial charge in [-0.2, -0.15) is 0 Å². The molecule has 6 nitrogen and oxygen atoms in total. The zero-order valence-corrected chi connectivity index (χ0v) is 15.5. The molecule has 0 aliphatic carbocycles. The number of hydrogen-bond donors (Lipinski definition) is 3. The van der Waals surface area contributed by atoms with Crippen LogP contribution in [0.25, 0.3) is 0 Å². The van der Waals surface area contributed by atoms with E-state index in [1.807, 2.05) is 26.0 Å². The van der Waals surface area contributed by atoms with Gasteiger partial charge in [0.2, 0.25) is 11.8 Å². The number of carbonyl (C=O) groups is 2. The number of benzene rings is 2. The summed E-state index contributed by atoms with van der Waals surface area (Å²) < 4.78 is 5.10. The fourth-order valence-electron chi connectivity index (χ4n) is 2.18. The highest BCUT2D eigenvalue weighted by Gasteiger charge is 2.13. The van der Waals surface area contributed by atoms with E-state index in [0.29, 0.717) is 5.69 Å². The Kier molecular flexibility index (Phi) is 6.60. The van der Waals surface area contributed by atoms with Crippen LogP contribution < -0.4 is 20.7 Å². The van der Waals surface area contributed by atoms with E-state index in [9.17, 15) is 9.59 Å². The molecule has 138 valence electrons. The minimum atomic E-state index is -0.423. The number of nitrogens with one attached hydrogen (secondary N) is 3. The Hall–Kier alpha value is -3.02. The second-order valence-electron chi connectivity index (χ2n) is 6.31. The van der Waals surface area contributed by atoms with Gasteiger partial charge in [-0.1, -0.05) is 13.8 Å². The summed E-state index contributed by atoms with van der Waals surface area (Å²) >= 11 is 0. The molecule has 26 heavy (non-hydrogen) atoms. The molecule has 2 aromatic rings. The summed E-state index contributed by atoms with van der Waals surface area (Å²) in [5, 5.41) is 8.82. The number of ether oxygens (including phenoxy) is 1. The molecular weight excluding hydrogens is 330 g/mol. The topological polar surface area (TPSA) is 79.5 Å². The van der Waals surface area contributed by atoms with Crippen LogP contribution in [0.15, 0.2) is 48.5 Å². The Morgan fingerprint density at radius 1 is 0.769 bits per heavy atom. The quantitative estimate of drug-likeness (QED) is 0.707. The van der Waals surface area contributed by atoms with Gasteiger partial charge in [0, 0.05) is 23.0 Å². The molecule has 0 bridgehead atoms. The molecule has 0 radical (unpaired) electrons. The molecule has 0 aliphatic rings. The van der Waals surface area contributed by atoms with Crippen molar-refractivity contribution < 1.29 is 14.3 Å². The fraction of sp³-hybridized carbons (Fsp3) is 0.300. The van der Waals surface area contributed by atoms with Crippen molar-refractivity contribution in [2.45, 2.75) is 26.8 Å². The van der Waals surface area contributed by atoms with Crippen molar-refractivity contribution in [3.8, 4) is 5.75 Å². The second kappa shape index (κ2) is 8.89. The molecule has 2 amide bonds. The van der Waals surface area contributed by atoms with E-state index < -0.39 is 6.04 Å². The molecule has 0 aliphatic heterocycles. The van der Waals surface area contributed by atoms with Crippen LogP contribution in [0.1, 0.15) is 20.8 Å². The molecule has 2 aromatic carbocycles. The molecule has 3 N–H and O–H groups in total. The predicted molar refractivity (Wildman–Crippen MR) is 105 cm³/mol. The van der Waals surface area contributed by atoms with Crippen molar-refractivity contribution in [2.75, 3.05) is 23.1 Å². The van der Waals surface area contributed by atoms with Gasteiger partial charge in [-0.05, 0) is 55.5 Å². The Balaban J connectivity index is 1.90. The summed E-state index contributed by atoms with van der Waals surface area (Å²) in [6, 6.07) is 14.0. The minimum Gasteiger partial charge on any atom is -0.497 e. The zero-order chi connectivity index (χ0) is 19.1. The molecule has 0 heterocycles. The summed E-state index contributed by atoms with van der Waals surface area (Å²) in [6.45, 7) is 5.47. The van der Waals surface area contributed by atoms with Crippen LogP contribution in [0.5, 0.6) is 5.75 Å². The minimum absolute atomic E-state index is 0.0297. The van der Waals surface area contributed by atoms with E-state index >= 15 is 0 Å². The smallest absolute Gasteiger partial charge is 0.246 e. The van der Waals surface area contributed by atoms with E-state index in [0.717, 1.165) is 17.1 Å². The highest BCUT2D eigenvalue weighted by Crippen LogP contribution is 2.17. The predicted octanol–water partition coefficient (Wildman–Crippen LogP) is 3.73. The van der Waals surface area contributed by atoms with E-state index in [2.05, 4.69) is 16.0 Å². The Bertz CT molecular complexity index is 740. The average Bonchev–Trinajstić information content (AvgIpc) is 2.63. The van der Waals surface area contributed by atoms with Crippen molar-refractivity contribution >= 4 is 28.9 Å². The third-order valence-electron chi connectivity index (χ3n) is 3.81. The maximum Gasteiger partial charge on any atom is 0.246 e. The number of anilines is 3. The Labute approximate surface area is 153 Å². The highest BCUT2D eigenvalue weighted by molar-refractivity contribution is 5.96. The molecule has 2 rings (SSSR count). The molecule has 1 unspecified atom stereocenters. The van der Waals surface area contributed by atoms with E-state index in [1.54, 1.807) is 50.4 Å². The monoisotopic (exact) mass is 355 g/mol. The van der Waals surface area contributed by atoms with E-state index in [-0.39, 0.29) is 17.7 Å². The molecule has 0 saturated heterocycles. The first-order valence-electron chi connectivity index (χ1n) is 8.51. The molecule has 6 heteroatoms. The van der Waals surface area contributed by atoms with Crippen molar-refractivity contribution in [3.05, 3.63) is 48.5 Å². The number of carbonyl (C=O) groups excluding carboxylic acids is 2. The largest absolute Gasteiger partial charge is 0.497 e. The average molecular weight is 355 g/mol. The lowest BCUT2D eigenvalue weighted by molar-refractivity contribution is -0.119. The zero-order valence-electron chi connectivity index (χ0n) is 15.5. The summed E-state index contributed by atoms with van der Waals surface area (Å²) in [6.07, 6.45) is 0. The summed E-state index contributed by atoms with van der Waals surface area (Å²) in [5.74, 6) is 0.485. The highest BCUT2D eigenvalue weighted by atomic mass is 16.5. The van der Waals surface area contributed by atoms with Crippen molar-refractivity contribution in [1.29, 1.82) is 0 Å². The van der Waals surface area contributed by atoms with Crippen molar-refractivity contribution in [3.63, 3.8) is 0 Å². The van der Waals surface area contributed by atoms with Gasteiger partial charge in [-0.3, -0.25) is 9.59 Å². The van der Waals surface area contributed by atoms with Crippen LogP contribution in [0.4, 0.5) is 17.1 Å². The van der Waals surface area contributed by atoms with E-state index in [4.69, 9.17) is 4.74 Å². The van der Waals surface area contributed by atoms with Gasteiger partial charge in [0.15, 0.2) is 0 Å². The van der Waals surface area contributed by atoms with Crippen LogP contribution in [-0.2, 0) is 9.59 Å². The SMILES string of the molecule is COc1ccc(NC(=O)C(C)Nc2ccc(NC(=O)C(C)C)cc2)cc1. The van der Waals surface area contributed by atoms with Gasteiger partial charge in [-0.15, -0.1) is 0 Å². The molecule has 0 aromatic heterocycles. The number of methoxy groups -OCH3 is 1. The van der Waals surface area contributed by atoms with Gasteiger partial charge >= 0.3 is 0 Å². The molecule has 0 saturated carbocycles. The molecule has 0 spiro atoms. The third-order valence-corrected chi connectivity index (χ3v) is 3.81. The van der Waals surface area contributed by atoms with Gasteiger partial charge in [-0.25, -0.2) is 0 Å². The third kappa shape index (κ3) is 5.51. The normalized spacial score (nSPS) is 11.6. The Morgan fingerprint density at radius 2 is 1.23 bits per heavy atom. The first kappa shape index (κ1) is 19.3. The lowest BCUT2D eigenvalue weighted by Gasteiger charge is -2.16. The van der Waals surface area contributed by atoms with Gasteiger partial charge in [0.25, 0.3) is 0 Å². The van der Waals surface area contributed by atoms with Gasteiger partial charge < -0.3 is 20.7 Å². The molecular formula is C20H25N3O3. The van der Waals surface area contributed by atoms with Crippen LogP contribution in [-0.4, -0.2) is 25.0 Å². The first-order valence-corrected chi connectivity index (χ1v) is 8.51. The van der Waals surface area contributed by atoms with Crippen LogP contribution in [0.3, 0.4) is 0 Å². The molecule has 0 fully saturated rings. The number of amides is 2. The van der Waals surface area contributed by atoms with Crippen molar-refractivity contribution in [1.82, 2.24) is 0 Å². The lowest BCUT2D eigenvalue weighted by Crippen LogP contribution is -2.31. The maximum atomic E-state index is 12.3. The molecule has 1 atom stereocenters. The van der Waals surface area contributed by atoms with Gasteiger partial charge in [0.1, 0.15) is 11.8 Å². The lowest BCUT2D eigenvalue weighted by atomic mass is 10.2. The fourth-order valence-corrected chi connectivity index (χ4v) is 2.18. The van der Waals surface area contributed by atoms with Crippen LogP contribution >= 0.6 is 0 Å². The number of rotatable bonds is 7. The standard InChI is InChI=1S/C20H25N3O3/c1-13(2)19(24)22-16-7-5-15(6-8-16)21-14(3)20(25)23-17-9-11-18(26-4)12-10-17/h5-14,21H,1-4H3,(H,22,24)(H,23,25).